The number of piperazine rings is 1. The number of anilines is 1. The van der Waals surface area contributed by atoms with E-state index in [-0.39, 0.29) is 23.9 Å². The summed E-state index contributed by atoms with van der Waals surface area (Å²) in [6, 6.07) is 16.5. The lowest BCUT2D eigenvalue weighted by atomic mass is 9.79. The molecule has 2 fully saturated rings. The van der Waals surface area contributed by atoms with Crippen LogP contribution in [0, 0.1) is 0 Å². The predicted octanol–water partition coefficient (Wildman–Crippen LogP) is 2.60. The number of halogens is 1. The first-order valence-corrected chi connectivity index (χ1v) is 14.2. The van der Waals surface area contributed by atoms with Gasteiger partial charge in [-0.1, -0.05) is 61.2 Å². The minimum absolute atomic E-state index is 0.0626. The number of rotatable bonds is 9. The van der Waals surface area contributed by atoms with Crippen LogP contribution >= 0.6 is 11.6 Å². The van der Waals surface area contributed by atoms with Crippen LogP contribution < -0.4 is 22.1 Å². The van der Waals surface area contributed by atoms with Gasteiger partial charge in [0.15, 0.2) is 5.96 Å². The van der Waals surface area contributed by atoms with Gasteiger partial charge in [0.2, 0.25) is 11.8 Å². The van der Waals surface area contributed by atoms with Crippen molar-refractivity contribution in [3.63, 3.8) is 0 Å². The molecule has 9 nitrogen and oxygen atoms in total. The number of nitrogens with zero attached hydrogens (tertiary/aromatic N) is 3. The fraction of sp³-hybridized carbons (Fsp3) is 0.483. The number of hydrogen-bond donors (Lipinski definition) is 4. The maximum atomic E-state index is 13.6. The van der Waals surface area contributed by atoms with Gasteiger partial charge in [0.05, 0.1) is 13.1 Å². The molecule has 2 aromatic carbocycles. The highest BCUT2D eigenvalue weighted by Gasteiger charge is 2.40. The van der Waals surface area contributed by atoms with E-state index in [4.69, 9.17) is 28.1 Å². The number of nitrogens with two attached hydrogens (primary N) is 2. The molecule has 1 saturated carbocycles. The second kappa shape index (κ2) is 13.8. The highest BCUT2D eigenvalue weighted by Crippen LogP contribution is 2.35. The van der Waals surface area contributed by atoms with Crippen LogP contribution in [0.3, 0.4) is 0 Å². The van der Waals surface area contributed by atoms with Crippen molar-refractivity contribution in [3.05, 3.63) is 65.2 Å². The van der Waals surface area contributed by atoms with Crippen molar-refractivity contribution in [2.24, 2.45) is 16.5 Å². The topological polar surface area (TPSA) is 129 Å². The van der Waals surface area contributed by atoms with Crippen LogP contribution in [0.4, 0.5) is 5.69 Å². The molecule has 2 aliphatic rings. The van der Waals surface area contributed by atoms with Gasteiger partial charge < -0.3 is 27.0 Å². The van der Waals surface area contributed by atoms with E-state index in [1.165, 1.54) is 6.42 Å². The van der Waals surface area contributed by atoms with Crippen LogP contribution in [0.2, 0.25) is 5.02 Å². The number of hydrogen-bond acceptors (Lipinski definition) is 5. The average molecular weight is 554 g/mol. The Kier molecular flexibility index (Phi) is 10.2. The molecule has 0 bridgehead atoms. The van der Waals surface area contributed by atoms with Crippen molar-refractivity contribution >= 4 is 35.1 Å². The second-order valence-corrected chi connectivity index (χ2v) is 10.9. The molecule has 1 heterocycles. The first-order chi connectivity index (χ1) is 18.9. The Labute approximate surface area is 236 Å². The Hall–Kier alpha value is -3.14. The highest BCUT2D eigenvalue weighted by atomic mass is 35.5. The van der Waals surface area contributed by atoms with Crippen molar-refractivity contribution in [2.75, 3.05) is 44.6 Å². The van der Waals surface area contributed by atoms with Crippen LogP contribution in [0.1, 0.15) is 37.7 Å². The van der Waals surface area contributed by atoms with Gasteiger partial charge in [-0.15, -0.1) is 0 Å². The Morgan fingerprint density at radius 2 is 1.64 bits per heavy atom. The molecule has 0 spiro atoms. The van der Waals surface area contributed by atoms with Gasteiger partial charge in [0.25, 0.3) is 0 Å². The van der Waals surface area contributed by atoms with E-state index in [9.17, 15) is 9.59 Å². The van der Waals surface area contributed by atoms with Gasteiger partial charge in [-0.25, -0.2) is 0 Å². The molecule has 0 aromatic heterocycles. The third-order valence-corrected chi connectivity index (χ3v) is 8.06. The molecule has 2 amide bonds. The van der Waals surface area contributed by atoms with Crippen LogP contribution in [-0.4, -0.2) is 78.4 Å². The van der Waals surface area contributed by atoms with Crippen molar-refractivity contribution in [1.82, 2.24) is 15.1 Å². The van der Waals surface area contributed by atoms with Crippen molar-refractivity contribution in [3.8, 4) is 0 Å². The molecule has 1 aliphatic heterocycles. The van der Waals surface area contributed by atoms with Crippen molar-refractivity contribution < 1.29 is 9.59 Å². The first kappa shape index (κ1) is 28.9. The molecule has 6 N–H and O–H groups in total. The summed E-state index contributed by atoms with van der Waals surface area (Å²) in [5.74, 6) is -0.0132. The van der Waals surface area contributed by atoms with Crippen molar-refractivity contribution in [2.45, 2.75) is 50.1 Å². The summed E-state index contributed by atoms with van der Waals surface area (Å²) in [4.78, 5) is 34.8. The van der Waals surface area contributed by atoms with Crippen LogP contribution in [0.25, 0.3) is 0 Å². The summed E-state index contributed by atoms with van der Waals surface area (Å²) >= 11 is 6.02. The molecule has 39 heavy (non-hydrogen) atoms. The lowest BCUT2D eigenvalue weighted by Crippen LogP contribution is -2.62. The average Bonchev–Trinajstić information content (AvgIpc) is 2.97. The number of nitrogens with one attached hydrogen (secondary N) is 2. The van der Waals surface area contributed by atoms with E-state index in [1.807, 2.05) is 47.4 Å². The molecule has 10 heteroatoms. The van der Waals surface area contributed by atoms with E-state index in [2.05, 4.69) is 15.5 Å². The van der Waals surface area contributed by atoms with Gasteiger partial charge >= 0.3 is 0 Å². The summed E-state index contributed by atoms with van der Waals surface area (Å²) in [5.41, 5.74) is 13.6. The molecule has 2 aromatic rings. The third-order valence-electron chi connectivity index (χ3n) is 7.81. The number of carbonyl (C=O) groups excluding carboxylic acids is 2. The van der Waals surface area contributed by atoms with E-state index in [0.717, 1.165) is 50.0 Å². The summed E-state index contributed by atoms with van der Waals surface area (Å²) in [6.45, 7) is 3.16. The van der Waals surface area contributed by atoms with Crippen molar-refractivity contribution in [1.29, 1.82) is 0 Å². The SMILES string of the molecule is NCC(=O)NC(Cc1ccc(Cl)cc1)C(=O)N1CCN(C2(CN=C(N)Nc3ccccc3)CCCCC2)CC1. The predicted molar refractivity (Wildman–Crippen MR) is 157 cm³/mol. The number of guanidine groups is 1. The minimum Gasteiger partial charge on any atom is -0.370 e. The van der Waals surface area contributed by atoms with Gasteiger partial charge in [0.1, 0.15) is 6.04 Å². The Bertz CT molecular complexity index is 1110. The van der Waals surface area contributed by atoms with Crippen LogP contribution in [-0.2, 0) is 16.0 Å². The highest BCUT2D eigenvalue weighted by molar-refractivity contribution is 6.30. The molecule has 1 saturated heterocycles. The zero-order valence-electron chi connectivity index (χ0n) is 22.4. The molecule has 4 rings (SSSR count). The summed E-state index contributed by atoms with van der Waals surface area (Å²) in [5, 5.41) is 6.63. The number of benzene rings is 2. The summed E-state index contributed by atoms with van der Waals surface area (Å²) in [7, 11) is 0. The number of amides is 2. The van der Waals surface area contributed by atoms with E-state index in [0.29, 0.717) is 37.0 Å². The fourth-order valence-corrected chi connectivity index (χ4v) is 5.78. The fourth-order valence-electron chi connectivity index (χ4n) is 5.66. The smallest absolute Gasteiger partial charge is 0.245 e. The minimum atomic E-state index is -0.675. The van der Waals surface area contributed by atoms with Gasteiger partial charge in [0, 0.05) is 48.8 Å². The monoisotopic (exact) mass is 553 g/mol. The largest absolute Gasteiger partial charge is 0.370 e. The van der Waals surface area contributed by atoms with Crippen LogP contribution in [0.15, 0.2) is 59.6 Å². The second-order valence-electron chi connectivity index (χ2n) is 10.4. The lowest BCUT2D eigenvalue weighted by Gasteiger charge is -2.49. The molecule has 1 atom stereocenters. The Balaban J connectivity index is 1.40. The van der Waals surface area contributed by atoms with Crippen LogP contribution in [0.5, 0.6) is 0 Å². The van der Waals surface area contributed by atoms with Gasteiger partial charge in [-0.2, -0.15) is 0 Å². The quantitative estimate of drug-likeness (QED) is 0.279. The standard InChI is InChI=1S/C29H40ClN7O2/c30-23-11-9-22(10-12-23)19-25(35-26(38)20-31)27(39)36-15-17-37(18-16-36)29(13-5-2-6-14-29)21-33-28(32)34-24-7-3-1-4-8-24/h1,3-4,7-12,25H,2,5-6,13-21,31H2,(H,35,38)(H3,32,33,34). The van der Waals surface area contributed by atoms with E-state index < -0.39 is 6.04 Å². The molecule has 210 valence electrons. The van der Waals surface area contributed by atoms with Gasteiger partial charge in [-0.05, 0) is 42.7 Å². The molecule has 1 aliphatic carbocycles. The Morgan fingerprint density at radius 3 is 2.28 bits per heavy atom. The maximum absolute atomic E-state index is 13.6. The normalized spacial score (nSPS) is 18.8. The number of para-hydroxylation sites is 1. The van der Waals surface area contributed by atoms with Gasteiger partial charge in [-0.3, -0.25) is 19.5 Å². The van der Waals surface area contributed by atoms with E-state index in [1.54, 1.807) is 12.1 Å². The zero-order chi connectivity index (χ0) is 27.7. The van der Waals surface area contributed by atoms with E-state index >= 15 is 0 Å². The molecule has 1 unspecified atom stereocenters. The first-order valence-electron chi connectivity index (χ1n) is 13.8. The third kappa shape index (κ3) is 7.94. The number of carbonyl (C=O) groups is 2. The lowest BCUT2D eigenvalue weighted by molar-refractivity contribution is -0.138. The molecular formula is C29H40ClN7O2. The maximum Gasteiger partial charge on any atom is 0.245 e. The Morgan fingerprint density at radius 1 is 0.974 bits per heavy atom. The summed E-state index contributed by atoms with van der Waals surface area (Å²) in [6.07, 6.45) is 6.07. The summed E-state index contributed by atoms with van der Waals surface area (Å²) < 4.78 is 0. The molecular weight excluding hydrogens is 514 g/mol. The number of aliphatic imine (C=N–C) groups is 1. The zero-order valence-corrected chi connectivity index (χ0v) is 23.2. The molecule has 0 radical (unpaired) electrons.